The summed E-state index contributed by atoms with van der Waals surface area (Å²) in [6.07, 6.45) is 5.05. The molecule has 0 aromatic carbocycles. The lowest BCUT2D eigenvalue weighted by Gasteiger charge is -2.23. The minimum atomic E-state index is 0.540. The number of hydrogen-bond acceptors (Lipinski definition) is 4. The zero-order valence-electron chi connectivity index (χ0n) is 12.9. The van der Waals surface area contributed by atoms with Crippen LogP contribution in [0.3, 0.4) is 0 Å². The van der Waals surface area contributed by atoms with Crippen LogP contribution in [0.25, 0.3) is 0 Å². The third-order valence-electron chi connectivity index (χ3n) is 4.76. The lowest BCUT2D eigenvalue weighted by Crippen LogP contribution is -2.26. The van der Waals surface area contributed by atoms with E-state index in [1.807, 2.05) is 11.3 Å². The first-order valence-electron chi connectivity index (χ1n) is 8.23. The normalized spacial score (nSPS) is 22.5. The Morgan fingerprint density at radius 2 is 2.23 bits per heavy atom. The lowest BCUT2D eigenvalue weighted by molar-refractivity contribution is 0.191. The van der Waals surface area contributed by atoms with Crippen LogP contribution in [0.15, 0.2) is 17.5 Å². The Labute approximate surface area is 140 Å². The fourth-order valence-corrected chi connectivity index (χ4v) is 4.68. The summed E-state index contributed by atoms with van der Waals surface area (Å²) in [4.78, 5) is 4.01. The van der Waals surface area contributed by atoms with Gasteiger partial charge in [0, 0.05) is 29.9 Å². The van der Waals surface area contributed by atoms with Crippen molar-refractivity contribution >= 4 is 23.6 Å². The molecule has 1 aliphatic heterocycles. The van der Waals surface area contributed by atoms with Crippen LogP contribution in [0, 0.1) is 4.77 Å². The number of thiophene rings is 1. The van der Waals surface area contributed by atoms with Crippen LogP contribution < -0.4 is 0 Å². The van der Waals surface area contributed by atoms with Crippen molar-refractivity contribution in [2.75, 3.05) is 6.54 Å². The number of aromatic nitrogens is 3. The minimum Gasteiger partial charge on any atom is -0.304 e. The zero-order valence-corrected chi connectivity index (χ0v) is 14.6. The van der Waals surface area contributed by atoms with E-state index in [9.17, 15) is 0 Å². The molecule has 1 saturated heterocycles. The largest absolute Gasteiger partial charge is 0.304 e. The van der Waals surface area contributed by atoms with Crippen molar-refractivity contribution < 1.29 is 0 Å². The monoisotopic (exact) mass is 334 g/mol. The molecule has 2 aliphatic rings. The quantitative estimate of drug-likeness (QED) is 0.768. The lowest BCUT2D eigenvalue weighted by atomic mass is 10.2. The van der Waals surface area contributed by atoms with Crippen LogP contribution in [0.4, 0.5) is 0 Å². The smallest absolute Gasteiger partial charge is 0.199 e. The highest BCUT2D eigenvalue weighted by Gasteiger charge is 2.31. The van der Waals surface area contributed by atoms with Crippen molar-refractivity contribution in [3.63, 3.8) is 0 Å². The van der Waals surface area contributed by atoms with Gasteiger partial charge in [-0.05, 0) is 56.3 Å². The van der Waals surface area contributed by atoms with E-state index in [2.05, 4.69) is 38.6 Å². The summed E-state index contributed by atoms with van der Waals surface area (Å²) in [6, 6.07) is 4.95. The fourth-order valence-electron chi connectivity index (χ4n) is 3.46. The van der Waals surface area contributed by atoms with Crippen molar-refractivity contribution in [1.29, 1.82) is 0 Å². The molecule has 6 heteroatoms. The Balaban J connectivity index is 1.59. The highest BCUT2D eigenvalue weighted by molar-refractivity contribution is 7.71. The number of nitrogens with zero attached hydrogens (tertiary/aromatic N) is 4. The van der Waals surface area contributed by atoms with Crippen LogP contribution >= 0.6 is 23.6 Å². The van der Waals surface area contributed by atoms with Crippen molar-refractivity contribution in [2.45, 2.75) is 57.8 Å². The maximum Gasteiger partial charge on any atom is 0.199 e. The van der Waals surface area contributed by atoms with E-state index in [-0.39, 0.29) is 0 Å². The van der Waals surface area contributed by atoms with Crippen LogP contribution in [0.2, 0.25) is 0 Å². The maximum absolute atomic E-state index is 5.67. The molecule has 1 atom stereocenters. The van der Waals surface area contributed by atoms with Gasteiger partial charge in [0.25, 0.3) is 0 Å². The molecule has 22 heavy (non-hydrogen) atoms. The third kappa shape index (κ3) is 2.57. The molecule has 0 spiro atoms. The molecule has 2 aromatic heterocycles. The summed E-state index contributed by atoms with van der Waals surface area (Å²) in [7, 11) is 0. The molecule has 1 aliphatic carbocycles. The van der Waals surface area contributed by atoms with Crippen molar-refractivity contribution in [2.24, 2.45) is 0 Å². The topological polar surface area (TPSA) is 26.0 Å². The Morgan fingerprint density at radius 1 is 1.36 bits per heavy atom. The summed E-state index contributed by atoms with van der Waals surface area (Å²) in [5, 5.41) is 7.03. The second-order valence-corrected chi connectivity index (χ2v) is 7.63. The van der Waals surface area contributed by atoms with Crippen LogP contribution in [-0.4, -0.2) is 25.8 Å². The molecule has 1 unspecified atom stereocenters. The SMILES string of the molecule is CCn1c(C2CC2)nn(CN2CCCC2c2cccs2)c1=S. The Bertz CT molecular complexity index is 696. The van der Waals surface area contributed by atoms with Crippen LogP contribution in [0.5, 0.6) is 0 Å². The van der Waals surface area contributed by atoms with E-state index < -0.39 is 0 Å². The number of likely N-dealkylation sites (tertiary alicyclic amines) is 1. The van der Waals surface area contributed by atoms with Crippen molar-refractivity contribution in [3.8, 4) is 0 Å². The van der Waals surface area contributed by atoms with E-state index in [0.29, 0.717) is 12.0 Å². The van der Waals surface area contributed by atoms with Gasteiger partial charge in [0.05, 0.1) is 6.67 Å². The zero-order chi connectivity index (χ0) is 15.1. The summed E-state index contributed by atoms with van der Waals surface area (Å²) in [5.74, 6) is 1.86. The van der Waals surface area contributed by atoms with E-state index in [1.165, 1.54) is 36.4 Å². The molecule has 4 rings (SSSR count). The highest BCUT2D eigenvalue weighted by atomic mass is 32.1. The van der Waals surface area contributed by atoms with E-state index in [0.717, 1.165) is 24.5 Å². The third-order valence-corrected chi connectivity index (χ3v) is 6.17. The molecular weight excluding hydrogens is 312 g/mol. The average molecular weight is 335 g/mol. The van der Waals surface area contributed by atoms with E-state index in [1.54, 1.807) is 0 Å². The van der Waals surface area contributed by atoms with Gasteiger partial charge in [0.2, 0.25) is 0 Å². The summed E-state index contributed by atoms with van der Waals surface area (Å²) in [5.41, 5.74) is 0. The summed E-state index contributed by atoms with van der Waals surface area (Å²) >= 11 is 7.54. The first-order valence-corrected chi connectivity index (χ1v) is 9.51. The van der Waals surface area contributed by atoms with Gasteiger partial charge >= 0.3 is 0 Å². The number of hydrogen-bond donors (Lipinski definition) is 0. The highest BCUT2D eigenvalue weighted by Crippen LogP contribution is 2.39. The van der Waals surface area contributed by atoms with E-state index in [4.69, 9.17) is 17.3 Å². The number of rotatable bonds is 5. The molecule has 3 heterocycles. The maximum atomic E-state index is 5.67. The Morgan fingerprint density at radius 3 is 2.91 bits per heavy atom. The summed E-state index contributed by atoms with van der Waals surface area (Å²) < 4.78 is 5.17. The van der Waals surface area contributed by atoms with Gasteiger partial charge < -0.3 is 4.57 Å². The van der Waals surface area contributed by atoms with Gasteiger partial charge in [-0.3, -0.25) is 4.90 Å². The molecular formula is C16H22N4S2. The second kappa shape index (κ2) is 5.91. The molecule has 0 N–H and O–H groups in total. The van der Waals surface area contributed by atoms with Gasteiger partial charge in [-0.2, -0.15) is 5.10 Å². The van der Waals surface area contributed by atoms with Crippen molar-refractivity contribution in [1.82, 2.24) is 19.2 Å². The van der Waals surface area contributed by atoms with Crippen LogP contribution in [0.1, 0.15) is 55.3 Å². The fraction of sp³-hybridized carbons (Fsp3) is 0.625. The molecule has 0 amide bonds. The van der Waals surface area contributed by atoms with Crippen LogP contribution in [-0.2, 0) is 13.2 Å². The minimum absolute atomic E-state index is 0.540. The predicted molar refractivity (Wildman–Crippen MR) is 91.7 cm³/mol. The molecule has 118 valence electrons. The molecule has 2 fully saturated rings. The first-order chi connectivity index (χ1) is 10.8. The molecule has 2 aromatic rings. The van der Waals surface area contributed by atoms with Gasteiger partial charge in [-0.15, -0.1) is 11.3 Å². The standard InChI is InChI=1S/C16H22N4S2/c1-2-19-15(12-7-8-12)17-20(16(19)21)11-18-9-3-5-13(18)14-6-4-10-22-14/h4,6,10,12-13H,2-3,5,7-9,11H2,1H3. The molecule has 0 bridgehead atoms. The van der Waals surface area contributed by atoms with Gasteiger partial charge in [-0.25, -0.2) is 4.68 Å². The van der Waals surface area contributed by atoms with Gasteiger partial charge in [-0.1, -0.05) is 6.07 Å². The summed E-state index contributed by atoms with van der Waals surface area (Å²) in [6.45, 7) is 5.06. The average Bonchev–Trinajstić information content (AvgIpc) is 2.93. The molecule has 1 saturated carbocycles. The predicted octanol–water partition coefficient (Wildman–Crippen LogP) is 4.17. The van der Waals surface area contributed by atoms with E-state index >= 15 is 0 Å². The first kappa shape index (κ1) is 14.6. The van der Waals surface area contributed by atoms with Gasteiger partial charge in [0.1, 0.15) is 5.82 Å². The Kier molecular flexibility index (Phi) is 3.92. The van der Waals surface area contributed by atoms with Crippen molar-refractivity contribution in [3.05, 3.63) is 33.0 Å². The molecule has 4 nitrogen and oxygen atoms in total. The Hall–Kier alpha value is -0.980. The second-order valence-electron chi connectivity index (χ2n) is 6.29. The molecule has 0 radical (unpaired) electrons. The van der Waals surface area contributed by atoms with Gasteiger partial charge in [0.15, 0.2) is 4.77 Å².